The molecule has 0 radical (unpaired) electrons. The Balaban J connectivity index is 1.12. The number of imide groups is 2. The van der Waals surface area contributed by atoms with E-state index in [-0.39, 0.29) is 29.2 Å². The largest absolute Gasteiger partial charge is 0.508 e. The van der Waals surface area contributed by atoms with Crippen molar-refractivity contribution in [3.05, 3.63) is 152 Å². The summed E-state index contributed by atoms with van der Waals surface area (Å²) in [4.78, 5) is 64.6. The minimum atomic E-state index is -4.78. The number of pyridine rings is 1. The Morgan fingerprint density at radius 3 is 2.23 bits per heavy atom. The SMILES string of the molecule is COc1ccc(OC)c(C=Cc2ccc(N3C(=O)[C@H]4[C@H](CC=C5[C@H]4C[C@H]4C(=O)N(Nc6ncc(C(F)(F)F)cc6Cl)C(=O)[C@@]4(c4ccc(Cl)cc4)[C@H]5c4cc(Cl)ccc4O)C3=O)cc2)c1. The molecule has 0 bridgehead atoms. The first-order chi connectivity index (χ1) is 31.1. The van der Waals surface area contributed by atoms with Gasteiger partial charge in [-0.25, -0.2) is 4.98 Å². The van der Waals surface area contributed by atoms with Crippen LogP contribution in [0.2, 0.25) is 15.1 Å². The third kappa shape index (κ3) is 7.28. The molecule has 2 N–H and O–H groups in total. The van der Waals surface area contributed by atoms with Crippen LogP contribution in [0.3, 0.4) is 0 Å². The van der Waals surface area contributed by atoms with Gasteiger partial charge in [-0.15, -0.1) is 0 Å². The van der Waals surface area contributed by atoms with Gasteiger partial charge in [0.2, 0.25) is 11.8 Å². The van der Waals surface area contributed by atoms with Crippen LogP contribution in [0, 0.1) is 23.7 Å². The predicted molar refractivity (Wildman–Crippen MR) is 237 cm³/mol. The molecule has 4 aliphatic rings. The van der Waals surface area contributed by atoms with E-state index < -0.39 is 81.2 Å². The van der Waals surface area contributed by atoms with E-state index in [1.165, 1.54) is 18.2 Å². The molecular weight excluding hydrogens is 908 g/mol. The molecule has 0 unspecified atom stereocenters. The van der Waals surface area contributed by atoms with Crippen molar-refractivity contribution >= 4 is 82.1 Å². The maximum atomic E-state index is 15.4. The number of phenolic OH excluding ortho intramolecular Hbond substituents is 1. The molecule has 11 nitrogen and oxygen atoms in total. The Morgan fingerprint density at radius 1 is 0.831 bits per heavy atom. The first kappa shape index (κ1) is 43.9. The summed E-state index contributed by atoms with van der Waals surface area (Å²) in [5.41, 5.74) is 2.48. The third-order valence-corrected chi connectivity index (χ3v) is 13.7. The Hall–Kier alpha value is -6.35. The average Bonchev–Trinajstić information content (AvgIpc) is 3.67. The average molecular weight is 944 g/mol. The number of alkyl halides is 3. The van der Waals surface area contributed by atoms with Crippen molar-refractivity contribution in [2.24, 2.45) is 23.7 Å². The molecule has 1 saturated carbocycles. The van der Waals surface area contributed by atoms with Gasteiger partial charge in [0.15, 0.2) is 5.82 Å². The minimum absolute atomic E-state index is 0.0924. The van der Waals surface area contributed by atoms with Crippen molar-refractivity contribution in [3.63, 3.8) is 0 Å². The number of anilines is 2. The molecule has 1 aromatic heterocycles. The lowest BCUT2D eigenvalue weighted by molar-refractivity contribution is -0.139. The number of nitrogens with one attached hydrogen (secondary N) is 1. The molecule has 4 aromatic carbocycles. The Kier molecular flexibility index (Phi) is 11.2. The van der Waals surface area contributed by atoms with E-state index in [9.17, 15) is 32.7 Å². The van der Waals surface area contributed by atoms with Gasteiger partial charge in [-0.2, -0.15) is 18.2 Å². The van der Waals surface area contributed by atoms with Gasteiger partial charge in [0.25, 0.3) is 11.8 Å². The van der Waals surface area contributed by atoms with Gasteiger partial charge in [0, 0.05) is 33.3 Å². The summed E-state index contributed by atoms with van der Waals surface area (Å²) < 4.78 is 51.6. The number of phenols is 1. The first-order valence-corrected chi connectivity index (χ1v) is 21.4. The highest BCUT2D eigenvalue weighted by molar-refractivity contribution is 6.33. The van der Waals surface area contributed by atoms with Crippen molar-refractivity contribution in [1.82, 2.24) is 9.99 Å². The number of ether oxygens (including phenoxy) is 2. The van der Waals surface area contributed by atoms with E-state index in [0.29, 0.717) is 50.6 Å². The number of nitrogens with zero attached hydrogens (tertiary/aromatic N) is 3. The summed E-state index contributed by atoms with van der Waals surface area (Å²) in [6.45, 7) is 0. The number of allylic oxidation sites excluding steroid dienone is 2. The smallest absolute Gasteiger partial charge is 0.417 e. The molecule has 0 spiro atoms. The number of halogens is 6. The van der Waals surface area contributed by atoms with Crippen LogP contribution < -0.4 is 19.8 Å². The fraction of sp³-hybridized carbons (Fsp3) is 0.229. The second kappa shape index (κ2) is 16.6. The van der Waals surface area contributed by atoms with Crippen molar-refractivity contribution in [1.29, 1.82) is 0 Å². The molecule has 2 aliphatic carbocycles. The summed E-state index contributed by atoms with van der Waals surface area (Å²) in [7, 11) is 3.13. The van der Waals surface area contributed by atoms with E-state index >= 15 is 4.79 Å². The van der Waals surface area contributed by atoms with Crippen LogP contribution in [0.25, 0.3) is 12.2 Å². The second-order valence-electron chi connectivity index (χ2n) is 16.2. The zero-order valence-electron chi connectivity index (χ0n) is 34.3. The topological polar surface area (TPSA) is 138 Å². The number of aromatic hydroxyl groups is 1. The van der Waals surface area contributed by atoms with Crippen LogP contribution in [-0.2, 0) is 30.8 Å². The molecule has 2 saturated heterocycles. The normalized spacial score (nSPS) is 23.9. The number of methoxy groups -OCH3 is 2. The van der Waals surface area contributed by atoms with Crippen molar-refractivity contribution in [2.75, 3.05) is 24.5 Å². The number of hydrazine groups is 1. The van der Waals surface area contributed by atoms with E-state index in [0.717, 1.165) is 16.0 Å². The standard InChI is InChI=1S/C48H36Cl3F3N4O7/c1-64-31-14-18-39(65-2)25(19-31)6-3-24-4-12-30(13-5-24)57-43(60)33-16-15-32-34(40(33)45(57)62)22-36-44(61)58(56-42-37(51)20-27(23-55-42)48(52,53)54)46(63)47(36,26-7-9-28(49)10-8-26)41(32)35-21-29(50)11-17-38(35)59/h3-15,17-21,23,33-34,36,40-41,59H,16,22H2,1-2H3,(H,55,56)/t33-,34+,36-,40-,41+,47+/m0/s1. The molecular formula is C48H36Cl3F3N4O7. The summed E-state index contributed by atoms with van der Waals surface area (Å²) >= 11 is 19.2. The van der Waals surface area contributed by atoms with E-state index in [4.69, 9.17) is 44.3 Å². The van der Waals surface area contributed by atoms with Crippen LogP contribution in [-0.4, -0.2) is 52.9 Å². The van der Waals surface area contributed by atoms with Crippen LogP contribution in [0.1, 0.15) is 46.6 Å². The minimum Gasteiger partial charge on any atom is -0.508 e. The number of aromatic nitrogens is 1. The molecule has 5 aromatic rings. The van der Waals surface area contributed by atoms with Crippen LogP contribution >= 0.6 is 34.8 Å². The molecule has 17 heteroatoms. The summed E-state index contributed by atoms with van der Waals surface area (Å²) in [5, 5.41) is 12.3. The second-order valence-corrected chi connectivity index (χ2v) is 17.4. The van der Waals surface area contributed by atoms with Crippen molar-refractivity contribution in [2.45, 2.75) is 30.4 Å². The predicted octanol–water partition coefficient (Wildman–Crippen LogP) is 10.1. The van der Waals surface area contributed by atoms with Gasteiger partial charge in [-0.05, 0) is 96.6 Å². The highest BCUT2D eigenvalue weighted by atomic mass is 35.5. The lowest BCUT2D eigenvalue weighted by Gasteiger charge is -2.50. The van der Waals surface area contributed by atoms with Crippen LogP contribution in [0.4, 0.5) is 24.7 Å². The number of carbonyl (C=O) groups excluding carboxylic acids is 4. The molecule has 332 valence electrons. The Morgan fingerprint density at radius 2 is 1.55 bits per heavy atom. The lowest BCUT2D eigenvalue weighted by Crippen LogP contribution is -2.53. The number of fused-ring (bicyclic) bond motifs is 4. The maximum absolute atomic E-state index is 15.4. The number of benzene rings is 4. The van der Waals surface area contributed by atoms with Gasteiger partial charge in [-0.1, -0.05) is 82.9 Å². The zero-order chi connectivity index (χ0) is 46.1. The summed E-state index contributed by atoms with van der Waals surface area (Å²) in [6.07, 6.45) is 1.23. The number of amides is 4. The molecule has 9 rings (SSSR count). The molecule has 2 aliphatic heterocycles. The lowest BCUT2D eigenvalue weighted by atomic mass is 9.49. The molecule has 65 heavy (non-hydrogen) atoms. The van der Waals surface area contributed by atoms with Gasteiger partial charge < -0.3 is 14.6 Å². The summed E-state index contributed by atoms with van der Waals surface area (Å²) in [5.74, 6) is -7.04. The third-order valence-electron chi connectivity index (χ3n) is 12.9. The van der Waals surface area contributed by atoms with Crippen LogP contribution in [0.15, 0.2) is 109 Å². The number of rotatable bonds is 9. The van der Waals surface area contributed by atoms with E-state index in [2.05, 4.69) is 10.4 Å². The van der Waals surface area contributed by atoms with Gasteiger partial charge in [-0.3, -0.25) is 29.5 Å². The summed E-state index contributed by atoms with van der Waals surface area (Å²) in [6, 6.07) is 23.5. The van der Waals surface area contributed by atoms with Gasteiger partial charge in [0.05, 0.1) is 53.7 Å². The highest BCUT2D eigenvalue weighted by Crippen LogP contribution is 2.65. The highest BCUT2D eigenvalue weighted by Gasteiger charge is 2.71. The molecule has 3 fully saturated rings. The zero-order valence-corrected chi connectivity index (χ0v) is 36.5. The quantitative estimate of drug-likeness (QED) is 0.0840. The first-order valence-electron chi connectivity index (χ1n) is 20.3. The Labute approximate surface area is 385 Å². The van der Waals surface area contributed by atoms with Gasteiger partial charge in [0.1, 0.15) is 17.2 Å². The monoisotopic (exact) mass is 942 g/mol. The molecule has 3 heterocycles. The fourth-order valence-electron chi connectivity index (χ4n) is 10.0. The van der Waals surface area contributed by atoms with E-state index in [1.54, 1.807) is 74.9 Å². The van der Waals surface area contributed by atoms with Crippen molar-refractivity contribution in [3.8, 4) is 17.2 Å². The van der Waals surface area contributed by atoms with Crippen LogP contribution in [0.5, 0.6) is 17.2 Å². The number of hydrogen-bond donors (Lipinski definition) is 2. The van der Waals surface area contributed by atoms with Gasteiger partial charge >= 0.3 is 6.18 Å². The van der Waals surface area contributed by atoms with Crippen molar-refractivity contribution < 1.29 is 46.9 Å². The number of hydrogen-bond acceptors (Lipinski definition) is 9. The Bertz CT molecular complexity index is 2860. The molecule has 4 amide bonds. The maximum Gasteiger partial charge on any atom is 0.417 e. The molecule has 6 atom stereocenters. The van der Waals surface area contributed by atoms with E-state index in [1.807, 2.05) is 24.3 Å². The number of carbonyl (C=O) groups is 4. The fourth-order valence-corrected chi connectivity index (χ4v) is 10.5.